The van der Waals surface area contributed by atoms with Gasteiger partial charge in [0.15, 0.2) is 0 Å². The lowest BCUT2D eigenvalue weighted by Gasteiger charge is -2.18. The summed E-state index contributed by atoms with van der Waals surface area (Å²) in [6, 6.07) is 5.85. The maximum absolute atomic E-state index is 11.5. The molecule has 1 aliphatic heterocycles. The Morgan fingerprint density at radius 1 is 0.946 bits per heavy atom. The zero-order chi connectivity index (χ0) is 28.6. The molecule has 0 spiro atoms. The summed E-state index contributed by atoms with van der Waals surface area (Å²) in [7, 11) is 0. The van der Waals surface area contributed by atoms with E-state index in [-0.39, 0.29) is 12.3 Å². The number of carboxylic acid groups (broad SMARTS) is 2. The number of non-ortho nitro benzene ring substituents is 1. The van der Waals surface area contributed by atoms with Crippen LogP contribution in [0.3, 0.4) is 0 Å². The van der Waals surface area contributed by atoms with Gasteiger partial charge in [-0.3, -0.25) is 15.0 Å². The van der Waals surface area contributed by atoms with Crippen molar-refractivity contribution < 1.29 is 65.3 Å². The van der Waals surface area contributed by atoms with Gasteiger partial charge in [-0.2, -0.15) is 26.3 Å². The first kappa shape index (κ1) is 33.3. The number of alkyl halides is 6. The maximum atomic E-state index is 11.5. The molecule has 210 valence electrons. The van der Waals surface area contributed by atoms with Gasteiger partial charge in [0.25, 0.3) is 5.69 Å². The molecule has 0 aromatic heterocycles. The van der Waals surface area contributed by atoms with E-state index in [4.69, 9.17) is 29.3 Å². The summed E-state index contributed by atoms with van der Waals surface area (Å²) in [6.07, 6.45) is -9.80. The Bertz CT molecular complexity index is 848. The number of nitrogens with zero attached hydrogens (tertiary/aromatic N) is 2. The molecule has 0 atom stereocenters. The number of ether oxygens (including phenoxy) is 2. The van der Waals surface area contributed by atoms with E-state index in [0.29, 0.717) is 18.7 Å². The standard InChI is InChI=1S/C15H21N3O5.2C2HF3O2/c19-15(22-11-10-17-8-1-6-16-7-9-17)23-12-13-2-4-14(5-3-13)18(20)21;2*3-2(4,5)1(6)7/h2-5,16H,1,6-12H2;2*(H,6,7). The van der Waals surface area contributed by atoms with E-state index in [0.717, 1.165) is 32.6 Å². The summed E-state index contributed by atoms with van der Waals surface area (Å²) >= 11 is 0. The molecule has 0 bridgehead atoms. The molecule has 0 saturated carbocycles. The first-order valence-electron chi connectivity index (χ1n) is 10.1. The molecule has 1 saturated heterocycles. The Balaban J connectivity index is 0.000000761. The normalized spacial score (nSPS) is 14.0. The van der Waals surface area contributed by atoms with Crippen LogP contribution in [0.5, 0.6) is 0 Å². The van der Waals surface area contributed by atoms with Crippen molar-refractivity contribution in [3.8, 4) is 0 Å². The fraction of sp³-hybridized carbons (Fsp3) is 0.526. The molecule has 1 aromatic carbocycles. The minimum absolute atomic E-state index is 0.00302. The van der Waals surface area contributed by atoms with Gasteiger partial charge in [0.2, 0.25) is 0 Å². The second-order valence-corrected chi connectivity index (χ2v) is 6.86. The third-order valence-electron chi connectivity index (χ3n) is 4.05. The van der Waals surface area contributed by atoms with Crippen LogP contribution in [0.1, 0.15) is 12.0 Å². The number of benzene rings is 1. The lowest BCUT2D eigenvalue weighted by atomic mass is 10.2. The number of nitrogens with one attached hydrogen (secondary N) is 1. The second kappa shape index (κ2) is 16.1. The highest BCUT2D eigenvalue weighted by Crippen LogP contribution is 2.14. The summed E-state index contributed by atoms with van der Waals surface area (Å²) in [5, 5.41) is 28.1. The minimum atomic E-state index is -5.08. The second-order valence-electron chi connectivity index (χ2n) is 6.86. The van der Waals surface area contributed by atoms with Crippen molar-refractivity contribution in [2.75, 3.05) is 39.3 Å². The van der Waals surface area contributed by atoms with Crippen LogP contribution in [0.25, 0.3) is 0 Å². The van der Waals surface area contributed by atoms with Crippen LogP contribution >= 0.6 is 0 Å². The van der Waals surface area contributed by atoms with Gasteiger partial charge < -0.3 is 25.0 Å². The fourth-order valence-electron chi connectivity index (χ4n) is 2.28. The molecule has 1 aliphatic rings. The van der Waals surface area contributed by atoms with E-state index < -0.39 is 35.4 Å². The van der Waals surface area contributed by atoms with E-state index in [2.05, 4.69) is 10.2 Å². The number of hydrogen-bond acceptors (Lipinski definition) is 9. The van der Waals surface area contributed by atoms with Gasteiger partial charge in [-0.05, 0) is 37.2 Å². The summed E-state index contributed by atoms with van der Waals surface area (Å²) in [5.41, 5.74) is 0.675. The number of nitro benzene ring substituents is 1. The monoisotopic (exact) mass is 551 g/mol. The van der Waals surface area contributed by atoms with E-state index in [1.54, 1.807) is 12.1 Å². The third-order valence-corrected chi connectivity index (χ3v) is 4.05. The highest BCUT2D eigenvalue weighted by atomic mass is 19.4. The van der Waals surface area contributed by atoms with Gasteiger partial charge in [-0.1, -0.05) is 0 Å². The predicted octanol–water partition coefficient (Wildman–Crippen LogP) is 2.81. The zero-order valence-electron chi connectivity index (χ0n) is 18.9. The topological polar surface area (TPSA) is 169 Å². The number of aliphatic carboxylic acids is 2. The summed E-state index contributed by atoms with van der Waals surface area (Å²) in [6.45, 7) is 4.92. The number of carboxylic acids is 2. The van der Waals surface area contributed by atoms with Crippen LogP contribution in [-0.2, 0) is 25.7 Å². The van der Waals surface area contributed by atoms with Crippen LogP contribution in [0, 0.1) is 10.1 Å². The number of hydrogen-bond donors (Lipinski definition) is 3. The van der Waals surface area contributed by atoms with Gasteiger partial charge in [-0.25, -0.2) is 14.4 Å². The predicted molar refractivity (Wildman–Crippen MR) is 111 cm³/mol. The summed E-state index contributed by atoms with van der Waals surface area (Å²) in [5.74, 6) is -5.51. The molecule has 37 heavy (non-hydrogen) atoms. The molecule has 1 heterocycles. The number of carbonyl (C=O) groups excluding carboxylic acids is 1. The molecule has 2 rings (SSSR count). The van der Waals surface area contributed by atoms with Gasteiger partial charge in [0, 0.05) is 31.8 Å². The average Bonchev–Trinajstić information content (AvgIpc) is 3.06. The van der Waals surface area contributed by atoms with Gasteiger partial charge in [-0.15, -0.1) is 0 Å². The van der Waals surface area contributed by atoms with E-state index >= 15 is 0 Å². The van der Waals surface area contributed by atoms with Gasteiger partial charge >= 0.3 is 30.4 Å². The molecule has 0 amide bonds. The van der Waals surface area contributed by atoms with Crippen LogP contribution in [0.4, 0.5) is 36.8 Å². The number of halogens is 6. The maximum Gasteiger partial charge on any atom is 0.508 e. The van der Waals surface area contributed by atoms with Crippen molar-refractivity contribution in [2.45, 2.75) is 25.4 Å². The van der Waals surface area contributed by atoms with Gasteiger partial charge in [0.1, 0.15) is 13.2 Å². The Hall–Kier alpha value is -3.67. The Morgan fingerprint density at radius 2 is 1.46 bits per heavy atom. The highest BCUT2D eigenvalue weighted by molar-refractivity contribution is 5.73. The smallest absolute Gasteiger partial charge is 0.475 e. The SMILES string of the molecule is O=C(O)C(F)(F)F.O=C(O)C(F)(F)F.O=C(OCCN1CCCNCC1)OCc1ccc([N+](=O)[O-])cc1. The lowest BCUT2D eigenvalue weighted by molar-refractivity contribution is -0.384. The van der Waals surface area contributed by atoms with E-state index in [1.165, 1.54) is 12.1 Å². The van der Waals surface area contributed by atoms with Crippen LogP contribution in [-0.4, -0.2) is 89.8 Å². The Labute approximate surface area is 204 Å². The molecule has 18 heteroatoms. The van der Waals surface area contributed by atoms with E-state index in [9.17, 15) is 41.3 Å². The van der Waals surface area contributed by atoms with Crippen molar-refractivity contribution in [3.05, 3.63) is 39.9 Å². The van der Waals surface area contributed by atoms with Crippen molar-refractivity contribution in [2.24, 2.45) is 0 Å². The molecule has 0 radical (unpaired) electrons. The molecule has 3 N–H and O–H groups in total. The van der Waals surface area contributed by atoms with Crippen LogP contribution in [0.2, 0.25) is 0 Å². The minimum Gasteiger partial charge on any atom is -0.475 e. The lowest BCUT2D eigenvalue weighted by Crippen LogP contribution is -2.31. The Morgan fingerprint density at radius 3 is 1.92 bits per heavy atom. The third kappa shape index (κ3) is 16.6. The number of rotatable bonds is 6. The molecular formula is C19H23F6N3O9. The molecule has 1 aromatic rings. The first-order valence-corrected chi connectivity index (χ1v) is 10.1. The van der Waals surface area contributed by atoms with Crippen molar-refractivity contribution in [1.82, 2.24) is 10.2 Å². The van der Waals surface area contributed by atoms with Crippen molar-refractivity contribution in [3.63, 3.8) is 0 Å². The number of nitro groups is 1. The fourth-order valence-corrected chi connectivity index (χ4v) is 2.28. The Kier molecular flexibility index (Phi) is 14.5. The quantitative estimate of drug-likeness (QED) is 0.206. The average molecular weight is 551 g/mol. The summed E-state index contributed by atoms with van der Waals surface area (Å²) in [4.78, 5) is 41.6. The van der Waals surface area contributed by atoms with Crippen molar-refractivity contribution in [1.29, 1.82) is 0 Å². The molecular weight excluding hydrogens is 528 g/mol. The molecule has 12 nitrogen and oxygen atoms in total. The van der Waals surface area contributed by atoms with Crippen LogP contribution < -0.4 is 5.32 Å². The zero-order valence-corrected chi connectivity index (χ0v) is 18.9. The molecule has 0 aliphatic carbocycles. The van der Waals surface area contributed by atoms with E-state index in [1.807, 2.05) is 0 Å². The molecule has 1 fully saturated rings. The largest absolute Gasteiger partial charge is 0.508 e. The highest BCUT2D eigenvalue weighted by Gasteiger charge is 2.38. The summed E-state index contributed by atoms with van der Waals surface area (Å²) < 4.78 is 73.5. The van der Waals surface area contributed by atoms with Gasteiger partial charge in [0.05, 0.1) is 4.92 Å². The number of carbonyl (C=O) groups is 3. The van der Waals surface area contributed by atoms with Crippen LogP contribution in [0.15, 0.2) is 24.3 Å². The molecule has 0 unspecified atom stereocenters. The van der Waals surface area contributed by atoms with Crippen molar-refractivity contribution >= 4 is 23.8 Å². The first-order chi connectivity index (χ1) is 17.0.